The fraction of sp³-hybridized carbons (Fsp3) is 0.500. The number of phosphoric ester groups is 2. The zero-order valence-corrected chi connectivity index (χ0v) is 36.6. The number of nitrogens with two attached hydrogens (primary N) is 2. The van der Waals surface area contributed by atoms with Crippen molar-refractivity contribution in [3.8, 4) is 0 Å². The van der Waals surface area contributed by atoms with E-state index in [1.54, 1.807) is 0 Å². The SMILES string of the molecule is Nc1nc2c(ncn2[C@@H]2O[C@H](COP(=O)([O-])OP(=O)([O-])OP(=O)([O-])OC[C@H]3O[C@@H](n4cnc5c(=O)[nH]c(N)nc54)[C@H](O)[C@@H]3O)[C@@H](O)[C@H]2O)c(=O)[nH]1.[Na+].[Na+].[Na+]. The van der Waals surface area contributed by atoms with Crippen LogP contribution in [0.5, 0.6) is 0 Å². The normalized spacial score (nSPS) is 28.7. The second kappa shape index (κ2) is 18.2. The molecule has 2 unspecified atom stereocenters. The molecule has 10 N–H and O–H groups in total. The minimum Gasteiger partial charge on any atom is -0.756 e. The van der Waals surface area contributed by atoms with Crippen LogP contribution in [0.2, 0.25) is 0 Å². The van der Waals surface area contributed by atoms with Gasteiger partial charge in [-0.3, -0.25) is 42.4 Å². The smallest absolute Gasteiger partial charge is 0.756 e. The molecule has 2 aliphatic rings. The van der Waals surface area contributed by atoms with E-state index in [4.69, 9.17) is 20.9 Å². The summed E-state index contributed by atoms with van der Waals surface area (Å²) in [4.78, 5) is 80.5. The van der Waals surface area contributed by atoms with Crippen LogP contribution in [-0.4, -0.2) is 109 Å². The first kappa shape index (κ1) is 47.8. The maximum absolute atomic E-state index is 12.3. The van der Waals surface area contributed by atoms with Gasteiger partial charge in [-0.15, -0.1) is 0 Å². The molecule has 280 valence electrons. The Labute approximate surface area is 365 Å². The maximum atomic E-state index is 12.3. The Balaban J connectivity index is 0.00000261. The van der Waals surface area contributed by atoms with Crippen molar-refractivity contribution in [1.82, 2.24) is 39.0 Å². The number of ether oxygens (including phenoxy) is 2. The van der Waals surface area contributed by atoms with E-state index >= 15 is 0 Å². The molecule has 4 aromatic rings. The molecular weight excluding hydrogens is 830 g/mol. The van der Waals surface area contributed by atoms with Crippen LogP contribution in [0.3, 0.4) is 0 Å². The summed E-state index contributed by atoms with van der Waals surface area (Å²) in [7, 11) is -18.4. The van der Waals surface area contributed by atoms with Crippen LogP contribution in [0, 0.1) is 0 Å². The predicted octanol–water partition coefficient (Wildman–Crippen LogP) is -14.9. The zero-order valence-electron chi connectivity index (χ0n) is 27.9. The predicted molar refractivity (Wildman–Crippen MR) is 154 cm³/mol. The van der Waals surface area contributed by atoms with E-state index in [9.17, 15) is 58.4 Å². The summed E-state index contributed by atoms with van der Waals surface area (Å²) in [6.07, 6.45) is -11.8. The van der Waals surface area contributed by atoms with Gasteiger partial charge >= 0.3 is 88.7 Å². The zero-order chi connectivity index (χ0) is 37.2. The quantitative estimate of drug-likeness (QED) is 0.0484. The van der Waals surface area contributed by atoms with Gasteiger partial charge in [-0.05, 0) is 0 Å². The van der Waals surface area contributed by atoms with Crippen molar-refractivity contribution in [3.63, 3.8) is 0 Å². The van der Waals surface area contributed by atoms with Crippen LogP contribution in [0.1, 0.15) is 12.5 Å². The summed E-state index contributed by atoms with van der Waals surface area (Å²) in [6.45, 7) is -2.40. The minimum absolute atomic E-state index is 0. The first-order valence-corrected chi connectivity index (χ1v) is 18.3. The number of imidazole rings is 2. The van der Waals surface area contributed by atoms with Crippen LogP contribution < -0.4 is 126 Å². The Hall–Kier alpha value is -0.530. The molecule has 0 aromatic carbocycles. The van der Waals surface area contributed by atoms with Gasteiger partial charge in [0, 0.05) is 0 Å². The molecule has 2 fully saturated rings. The Morgan fingerprint density at radius 1 is 0.685 bits per heavy atom. The van der Waals surface area contributed by atoms with E-state index in [2.05, 4.69) is 47.6 Å². The van der Waals surface area contributed by atoms with Crippen molar-refractivity contribution in [3.05, 3.63) is 33.4 Å². The summed E-state index contributed by atoms with van der Waals surface area (Å²) in [5.41, 5.74) is 8.74. The van der Waals surface area contributed by atoms with Crippen LogP contribution >= 0.6 is 23.5 Å². The number of H-pyrrole nitrogens is 2. The van der Waals surface area contributed by atoms with E-state index in [1.807, 2.05) is 0 Å². The second-order valence-electron chi connectivity index (χ2n) is 10.7. The molecule has 4 aromatic heterocycles. The summed E-state index contributed by atoms with van der Waals surface area (Å²) in [6, 6.07) is 0. The van der Waals surface area contributed by atoms with Crippen molar-refractivity contribution < 1.29 is 165 Å². The number of rotatable bonds is 12. The fourth-order valence-electron chi connectivity index (χ4n) is 5.09. The largest absolute Gasteiger partial charge is 1.00 e. The van der Waals surface area contributed by atoms with Gasteiger partial charge < -0.3 is 65.1 Å². The third-order valence-corrected chi connectivity index (χ3v) is 11.4. The Morgan fingerprint density at radius 2 is 1.04 bits per heavy atom. The van der Waals surface area contributed by atoms with Crippen LogP contribution in [0.15, 0.2) is 22.2 Å². The van der Waals surface area contributed by atoms with Crippen molar-refractivity contribution in [2.45, 2.75) is 49.1 Å². The number of hydrogen-bond donors (Lipinski definition) is 8. The number of phosphoric acid groups is 3. The van der Waals surface area contributed by atoms with Gasteiger partial charge in [-0.1, -0.05) is 0 Å². The number of fused-ring (bicyclic) bond motifs is 2. The number of aliphatic hydroxyl groups is 4. The third-order valence-electron chi connectivity index (χ3n) is 7.32. The number of aliphatic hydroxyl groups excluding tert-OH is 4. The van der Waals surface area contributed by atoms with Crippen molar-refractivity contribution in [1.29, 1.82) is 0 Å². The molecule has 34 heteroatoms. The number of nitrogens with zero attached hydrogens (tertiary/aromatic N) is 6. The van der Waals surface area contributed by atoms with E-state index in [1.165, 1.54) is 0 Å². The Bertz CT molecular complexity index is 2090. The standard InChI is InChI=1S/C20H27N10O18P3.3Na/c21-19-25-13-7(15(35)27-19)23-3-29(13)17-11(33)9(31)5(45-17)1-43-49(37,38)47-51(41,42)48-50(39,40)44-2-6-10(32)12(34)18(46-6)30-4-24-8-14(30)26-20(22)28-16(8)36;;;/h3-6,9-12,17-18,31-34H,1-2H2,(H,37,38)(H,39,40)(H,41,42)(H3,21,25,27,35)(H3,22,26,28,36);;;/q;3*+1/p-3/t5-,6-,9-,10-,11-,12-,17-,18-;;;/m1.../s1. The van der Waals surface area contributed by atoms with Gasteiger partial charge in [0.15, 0.2) is 34.8 Å². The minimum atomic E-state index is -6.38. The second-order valence-corrected chi connectivity index (χ2v) is 15.2. The van der Waals surface area contributed by atoms with Crippen molar-refractivity contribution in [2.75, 3.05) is 24.7 Å². The van der Waals surface area contributed by atoms with Gasteiger partial charge in [0.05, 0.1) is 25.9 Å². The van der Waals surface area contributed by atoms with Crippen LogP contribution in [-0.2, 0) is 40.8 Å². The molecule has 10 atom stereocenters. The molecule has 2 saturated heterocycles. The van der Waals surface area contributed by atoms with E-state index < -0.39 is 96.9 Å². The van der Waals surface area contributed by atoms with Gasteiger partial charge in [-0.25, -0.2) is 18.6 Å². The summed E-state index contributed by atoms with van der Waals surface area (Å²) >= 11 is 0. The Kier molecular flexibility index (Phi) is 16.1. The molecular formula is C20H24N10Na3O18P3. The molecule has 0 bridgehead atoms. The fourth-order valence-corrected chi connectivity index (χ4v) is 8.47. The molecule has 2 aliphatic heterocycles. The molecule has 0 spiro atoms. The number of hydrogen-bond acceptors (Lipinski definition) is 24. The average molecular weight is 854 g/mol. The van der Waals surface area contributed by atoms with Gasteiger partial charge in [0.1, 0.15) is 36.6 Å². The third kappa shape index (κ3) is 10.2. The summed E-state index contributed by atoms with van der Waals surface area (Å²) in [5, 5.41) is 41.7. The van der Waals surface area contributed by atoms with Crippen LogP contribution in [0.4, 0.5) is 11.9 Å². The van der Waals surface area contributed by atoms with E-state index in [0.29, 0.717) is 0 Å². The number of anilines is 2. The molecule has 6 rings (SSSR count). The number of aromatic nitrogens is 8. The monoisotopic (exact) mass is 854 g/mol. The molecule has 0 saturated carbocycles. The number of nitrogen functional groups attached to an aromatic ring is 2. The maximum Gasteiger partial charge on any atom is 1.00 e. The Morgan fingerprint density at radius 3 is 1.39 bits per heavy atom. The van der Waals surface area contributed by atoms with E-state index in [-0.39, 0.29) is 123 Å². The van der Waals surface area contributed by atoms with Gasteiger partial charge in [0.25, 0.3) is 34.6 Å². The van der Waals surface area contributed by atoms with E-state index in [0.717, 1.165) is 21.8 Å². The number of nitrogens with one attached hydrogen (secondary N) is 2. The number of aromatic amines is 2. The van der Waals surface area contributed by atoms with Gasteiger partial charge in [-0.2, -0.15) is 9.97 Å². The van der Waals surface area contributed by atoms with Crippen LogP contribution in [0.25, 0.3) is 22.3 Å². The molecule has 0 radical (unpaired) electrons. The molecule has 0 aliphatic carbocycles. The first-order chi connectivity index (χ1) is 23.8. The topological polar surface area (TPSA) is 436 Å². The van der Waals surface area contributed by atoms with Crippen molar-refractivity contribution >= 4 is 57.7 Å². The van der Waals surface area contributed by atoms with Crippen molar-refractivity contribution in [2.24, 2.45) is 0 Å². The molecule has 28 nitrogen and oxygen atoms in total. The summed E-state index contributed by atoms with van der Waals surface area (Å²) in [5.74, 6) is -0.659. The summed E-state index contributed by atoms with van der Waals surface area (Å²) < 4.78 is 65.8. The average Bonchev–Trinajstić information content (AvgIpc) is 3.76. The first-order valence-electron chi connectivity index (χ1n) is 13.9. The molecule has 6 heterocycles. The molecule has 0 amide bonds. The van der Waals surface area contributed by atoms with Gasteiger partial charge in [0.2, 0.25) is 11.9 Å². The molecule has 54 heavy (non-hydrogen) atoms.